The molecule has 0 saturated heterocycles. The number of nitrogens with zero attached hydrogens (tertiary/aromatic N) is 4. The first-order chi connectivity index (χ1) is 43.6. The second-order valence-corrected chi connectivity index (χ2v) is 23.5. The number of fused-ring (bicyclic) bond motifs is 10. The Bertz CT molecular complexity index is 5110. The van der Waals surface area contributed by atoms with Gasteiger partial charge in [-0.3, -0.25) is 4.57 Å². The Hall–Kier alpha value is -8.11. The summed E-state index contributed by atoms with van der Waals surface area (Å²) in [5.41, 5.74) is 4.62. The molecule has 3 aromatic heterocycles. The fraction of sp³-hybridized carbons (Fsp3) is 0.189. The van der Waals surface area contributed by atoms with Crippen LogP contribution in [0.4, 0.5) is 0 Å². The summed E-state index contributed by atoms with van der Waals surface area (Å²) in [5, 5.41) is 1.95. The third kappa shape index (κ3) is 9.01. The van der Waals surface area contributed by atoms with Crippen molar-refractivity contribution in [2.45, 2.75) is 92.3 Å². The normalized spacial score (nSPS) is 15.2. The molecule has 0 fully saturated rings. The van der Waals surface area contributed by atoms with Crippen molar-refractivity contribution in [3.63, 3.8) is 0 Å². The summed E-state index contributed by atoms with van der Waals surface area (Å²) >= 11 is 0. The summed E-state index contributed by atoms with van der Waals surface area (Å²) in [7, 11) is 0. The number of benzene rings is 9. The van der Waals surface area contributed by atoms with Crippen LogP contribution < -0.4 is 9.30 Å². The third-order valence-electron chi connectivity index (χ3n) is 15.1. The van der Waals surface area contributed by atoms with Crippen molar-refractivity contribution in [2.75, 3.05) is 0 Å². The Balaban J connectivity index is 0.00000848. The van der Waals surface area contributed by atoms with Crippen molar-refractivity contribution >= 4 is 32.8 Å². The Labute approximate surface area is 505 Å². The number of pyridine rings is 1. The molecule has 9 aromatic carbocycles. The first-order valence-electron chi connectivity index (χ1n) is 33.5. The van der Waals surface area contributed by atoms with Crippen molar-refractivity contribution in [3.05, 3.63) is 234 Å². The van der Waals surface area contributed by atoms with E-state index in [2.05, 4.69) is 82.8 Å². The van der Waals surface area contributed by atoms with Crippen LogP contribution >= 0.6 is 0 Å². The van der Waals surface area contributed by atoms with Gasteiger partial charge in [0.05, 0.1) is 27.7 Å². The zero-order valence-corrected chi connectivity index (χ0v) is 48.1. The molecular weight excluding hydrogens is 1160 g/mol. The number of imidazole rings is 1. The van der Waals surface area contributed by atoms with Gasteiger partial charge < -0.3 is 13.9 Å². The van der Waals surface area contributed by atoms with E-state index in [4.69, 9.17) is 17.9 Å². The van der Waals surface area contributed by atoms with E-state index in [-0.39, 0.29) is 93.2 Å². The second-order valence-electron chi connectivity index (χ2n) is 23.5. The zero-order chi connectivity index (χ0) is 66.7. The summed E-state index contributed by atoms with van der Waals surface area (Å²) in [6.07, 6.45) is 5.49. The van der Waals surface area contributed by atoms with Crippen molar-refractivity contribution in [2.24, 2.45) is 0 Å². The Kier molecular flexibility index (Phi) is 9.43. The molecule has 1 aliphatic rings. The quantitative estimate of drug-likeness (QED) is 0.123. The van der Waals surface area contributed by atoms with E-state index < -0.39 is 67.5 Å². The SMILES string of the molecule is [2H]c1c([2H])c([2H])c2c(c1[2H])-c1cc(-c3c(C([2H])([2H])[2H])cccc3C([2H])([2H])[2H])cc(-c3ccc(C(C)(C)C)cc3)c1-[n+]1[c-]n(-c3[c-]c(Oc4[c-]c5c(cc4)c4ccccc4n5-c4cc(C(C)(C)C)ccn4)ccc3)c3cc(C(C)(C)C)cc(c31)-c1c([2H])c([2H])c([2H])c([2H])c1-2.[Pt]. The van der Waals surface area contributed by atoms with Gasteiger partial charge in [-0.15, -0.1) is 29.7 Å². The molecule has 6 heteroatoms. The smallest absolute Gasteiger partial charge is 0.268 e. The van der Waals surface area contributed by atoms with Gasteiger partial charge in [0.1, 0.15) is 5.82 Å². The molecule has 5 nitrogen and oxygen atoms in total. The van der Waals surface area contributed by atoms with Gasteiger partial charge in [-0.1, -0.05) is 183 Å². The monoisotopic (exact) mass is 1230 g/mol. The molecule has 1 aliphatic heterocycles. The van der Waals surface area contributed by atoms with Gasteiger partial charge in [0.15, 0.2) is 0 Å². The summed E-state index contributed by atoms with van der Waals surface area (Å²) in [5.74, 6) is 1.39. The molecule has 4 heterocycles. The van der Waals surface area contributed by atoms with Crippen LogP contribution in [0.3, 0.4) is 0 Å². The van der Waals surface area contributed by atoms with Gasteiger partial charge in [0.25, 0.3) is 6.33 Å². The minimum Gasteiger partial charge on any atom is -0.510 e. The number of aromatic nitrogens is 4. The maximum atomic E-state index is 10.1. The van der Waals surface area contributed by atoms with Crippen LogP contribution in [0, 0.1) is 32.2 Å². The van der Waals surface area contributed by atoms with Gasteiger partial charge in [-0.05, 0) is 161 Å². The van der Waals surface area contributed by atoms with Crippen molar-refractivity contribution in [1.29, 1.82) is 0 Å². The number of ether oxygens (including phenoxy) is 1. The van der Waals surface area contributed by atoms with E-state index in [1.165, 1.54) is 24.3 Å². The average Bonchev–Trinajstić information content (AvgIpc) is 1.47. The molecular formula is C74H64N4OPt-2. The van der Waals surface area contributed by atoms with Crippen LogP contribution in [0.15, 0.2) is 188 Å². The molecule has 0 spiro atoms. The van der Waals surface area contributed by atoms with E-state index in [0.717, 1.165) is 44.3 Å². The van der Waals surface area contributed by atoms with E-state index in [1.807, 2.05) is 106 Å². The maximum absolute atomic E-state index is 10.1. The molecule has 0 unspecified atom stereocenters. The molecule has 80 heavy (non-hydrogen) atoms. The molecule has 12 aromatic rings. The maximum Gasteiger partial charge on any atom is 0.268 e. The summed E-state index contributed by atoms with van der Waals surface area (Å²) in [4.78, 5) is 4.86. The third-order valence-corrected chi connectivity index (χ3v) is 15.1. The first-order valence-corrected chi connectivity index (χ1v) is 26.5. The first kappa shape index (κ1) is 38.5. The largest absolute Gasteiger partial charge is 0.510 e. The van der Waals surface area contributed by atoms with Crippen LogP contribution in [0.25, 0.3) is 106 Å². The Morgan fingerprint density at radius 3 is 1.82 bits per heavy atom. The molecule has 0 atom stereocenters. The molecule has 398 valence electrons. The van der Waals surface area contributed by atoms with E-state index in [9.17, 15) is 11.0 Å². The van der Waals surface area contributed by atoms with Crippen LogP contribution in [-0.4, -0.2) is 14.1 Å². The second kappa shape index (κ2) is 19.6. The van der Waals surface area contributed by atoms with E-state index in [0.29, 0.717) is 39.3 Å². The van der Waals surface area contributed by atoms with Gasteiger partial charge in [-0.2, -0.15) is 18.2 Å². The van der Waals surface area contributed by atoms with Crippen LogP contribution in [0.5, 0.6) is 11.5 Å². The van der Waals surface area contributed by atoms with Gasteiger partial charge in [0, 0.05) is 52.5 Å². The number of rotatable bonds is 6. The Morgan fingerprint density at radius 1 is 0.525 bits per heavy atom. The average molecular weight is 1230 g/mol. The molecule has 0 aliphatic carbocycles. The number of para-hydroxylation sites is 1. The van der Waals surface area contributed by atoms with E-state index >= 15 is 0 Å². The summed E-state index contributed by atoms with van der Waals surface area (Å²) in [6.45, 7) is 13.0. The number of hydrogen-bond donors (Lipinski definition) is 0. The minimum atomic E-state index is -2.87. The predicted molar refractivity (Wildman–Crippen MR) is 326 cm³/mol. The van der Waals surface area contributed by atoms with Crippen LogP contribution in [0.1, 0.15) is 109 Å². The molecule has 13 rings (SSSR count). The fourth-order valence-electron chi connectivity index (χ4n) is 11.0. The van der Waals surface area contributed by atoms with Crippen molar-refractivity contribution in [3.8, 4) is 84.3 Å². The Morgan fingerprint density at radius 2 is 1.15 bits per heavy atom. The number of hydrogen-bond acceptors (Lipinski definition) is 2. The van der Waals surface area contributed by atoms with Crippen LogP contribution in [-0.2, 0) is 37.3 Å². The fourth-order valence-corrected chi connectivity index (χ4v) is 11.0. The van der Waals surface area contributed by atoms with Gasteiger partial charge in [-0.25, -0.2) is 4.98 Å². The molecule has 0 N–H and O–H groups in total. The summed E-state index contributed by atoms with van der Waals surface area (Å²) < 4.78 is 143. The van der Waals surface area contributed by atoms with Gasteiger partial charge in [0.2, 0.25) is 0 Å². The predicted octanol–water partition coefficient (Wildman–Crippen LogP) is 18.7. The molecule has 0 amide bonds. The number of aryl methyl sites for hydroxylation is 2. The van der Waals surface area contributed by atoms with Crippen molar-refractivity contribution in [1.82, 2.24) is 14.1 Å². The van der Waals surface area contributed by atoms with Gasteiger partial charge >= 0.3 is 0 Å². The summed E-state index contributed by atoms with van der Waals surface area (Å²) in [6, 6.07) is 42.6. The molecule has 0 saturated carbocycles. The molecule has 0 bridgehead atoms. The standard InChI is InChI=1S/C74H64N4O.Pt/c1-46-20-18-21-47(2)69(46)49-38-62(48-30-32-50(33-31-48)72(3,4)5)70-63(39-49)58-26-14-12-24-56(58)57-25-13-15-27-59(57)64-40-52(74(9,10)11)41-67-71(64)77(70)45-76(67)53-22-19-23-54(43-53)79-55-34-35-61-60-28-16-17-29-65(60)78(66(61)44-55)68-42-51(36-37-75-68)73(6,7)8;/h12-42H,1-11H3;/q-2;/i1D3,2D3,12D,13D,14D,15D,24D,25D,26D,27D;. The topological polar surface area (TPSA) is 35.9 Å². The minimum absolute atomic E-state index is 0. The molecule has 0 radical (unpaired) electrons. The zero-order valence-electron chi connectivity index (χ0n) is 59.8. The van der Waals surface area contributed by atoms with Crippen molar-refractivity contribution < 1.29 is 49.6 Å². The van der Waals surface area contributed by atoms with E-state index in [1.54, 1.807) is 21.3 Å². The van der Waals surface area contributed by atoms with Crippen LogP contribution in [0.2, 0.25) is 0 Å².